The first-order chi connectivity index (χ1) is 11.6. The summed E-state index contributed by atoms with van der Waals surface area (Å²) >= 11 is 0. The minimum absolute atomic E-state index is 0.0595. The summed E-state index contributed by atoms with van der Waals surface area (Å²) in [5, 5.41) is 3.86. The SMILES string of the molecule is COc1ccc2[nH]c(-c3ccc(F)cc3)c(CCNC(C)=O)c2c1. The average molecular weight is 326 g/mol. The third-order valence-corrected chi connectivity index (χ3v) is 4.00. The number of hydrogen-bond donors (Lipinski definition) is 2. The summed E-state index contributed by atoms with van der Waals surface area (Å²) in [7, 11) is 1.63. The van der Waals surface area contributed by atoms with Crippen molar-refractivity contribution in [1.29, 1.82) is 0 Å². The molecule has 0 atom stereocenters. The summed E-state index contributed by atoms with van der Waals surface area (Å²) in [6, 6.07) is 12.2. The monoisotopic (exact) mass is 326 g/mol. The smallest absolute Gasteiger partial charge is 0.216 e. The van der Waals surface area contributed by atoms with Gasteiger partial charge in [-0.15, -0.1) is 0 Å². The lowest BCUT2D eigenvalue weighted by Gasteiger charge is -2.07. The second-order valence-electron chi connectivity index (χ2n) is 5.63. The van der Waals surface area contributed by atoms with Crippen molar-refractivity contribution < 1.29 is 13.9 Å². The van der Waals surface area contributed by atoms with Crippen molar-refractivity contribution in [3.63, 3.8) is 0 Å². The molecule has 0 bridgehead atoms. The summed E-state index contributed by atoms with van der Waals surface area (Å²) in [6.07, 6.45) is 0.666. The molecule has 0 aliphatic carbocycles. The second-order valence-corrected chi connectivity index (χ2v) is 5.63. The van der Waals surface area contributed by atoms with E-state index in [4.69, 9.17) is 4.74 Å². The molecule has 3 aromatic rings. The summed E-state index contributed by atoms with van der Waals surface area (Å²) in [4.78, 5) is 14.5. The van der Waals surface area contributed by atoms with Gasteiger partial charge in [0.2, 0.25) is 5.91 Å². The minimum Gasteiger partial charge on any atom is -0.497 e. The van der Waals surface area contributed by atoms with Crippen LogP contribution in [-0.2, 0) is 11.2 Å². The normalized spacial score (nSPS) is 10.8. The zero-order valence-electron chi connectivity index (χ0n) is 13.7. The molecule has 0 saturated carbocycles. The summed E-state index contributed by atoms with van der Waals surface area (Å²) in [6.45, 7) is 2.03. The standard InChI is InChI=1S/C19H19FN2O2/c1-12(23)21-10-9-16-17-11-15(24-2)7-8-18(17)22-19(16)13-3-5-14(20)6-4-13/h3-8,11,22H,9-10H2,1-2H3,(H,21,23). The number of H-pyrrole nitrogens is 1. The number of halogens is 1. The minimum atomic E-state index is -0.267. The maximum Gasteiger partial charge on any atom is 0.216 e. The van der Waals surface area contributed by atoms with Crippen molar-refractivity contribution in [3.05, 3.63) is 53.8 Å². The quantitative estimate of drug-likeness (QED) is 0.752. The van der Waals surface area contributed by atoms with Crippen molar-refractivity contribution in [2.75, 3.05) is 13.7 Å². The molecular weight excluding hydrogens is 307 g/mol. The Morgan fingerprint density at radius 2 is 1.96 bits per heavy atom. The highest BCUT2D eigenvalue weighted by Crippen LogP contribution is 2.32. The molecular formula is C19H19FN2O2. The first kappa shape index (κ1) is 16.1. The zero-order valence-corrected chi connectivity index (χ0v) is 13.7. The van der Waals surface area contributed by atoms with E-state index in [2.05, 4.69) is 10.3 Å². The molecule has 0 unspecified atom stereocenters. The van der Waals surface area contributed by atoms with Crippen LogP contribution in [0.4, 0.5) is 4.39 Å². The number of ether oxygens (including phenoxy) is 1. The molecule has 0 aliphatic heterocycles. The van der Waals surface area contributed by atoms with E-state index < -0.39 is 0 Å². The van der Waals surface area contributed by atoms with Crippen LogP contribution < -0.4 is 10.1 Å². The molecule has 1 aromatic heterocycles. The summed E-state index contributed by atoms with van der Waals surface area (Å²) < 4.78 is 18.5. The number of nitrogens with one attached hydrogen (secondary N) is 2. The van der Waals surface area contributed by atoms with Crippen LogP contribution in [0.1, 0.15) is 12.5 Å². The van der Waals surface area contributed by atoms with Gasteiger partial charge in [-0.2, -0.15) is 0 Å². The second kappa shape index (κ2) is 6.74. The zero-order chi connectivity index (χ0) is 17.1. The third kappa shape index (κ3) is 3.25. The van der Waals surface area contributed by atoms with Crippen LogP contribution in [0.2, 0.25) is 0 Å². The van der Waals surface area contributed by atoms with E-state index in [9.17, 15) is 9.18 Å². The Morgan fingerprint density at radius 1 is 1.21 bits per heavy atom. The van der Waals surface area contributed by atoms with Crippen LogP contribution in [-0.4, -0.2) is 24.5 Å². The number of benzene rings is 2. The molecule has 3 rings (SSSR count). The van der Waals surface area contributed by atoms with Gasteiger partial charge in [-0.05, 0) is 60.0 Å². The van der Waals surface area contributed by atoms with Gasteiger partial charge in [0.1, 0.15) is 11.6 Å². The van der Waals surface area contributed by atoms with Crippen LogP contribution in [0.25, 0.3) is 22.2 Å². The highest BCUT2D eigenvalue weighted by molar-refractivity contribution is 5.91. The van der Waals surface area contributed by atoms with Crippen molar-refractivity contribution in [3.8, 4) is 17.0 Å². The molecule has 124 valence electrons. The van der Waals surface area contributed by atoms with E-state index in [1.54, 1.807) is 19.2 Å². The molecule has 5 heteroatoms. The molecule has 4 nitrogen and oxygen atoms in total. The highest BCUT2D eigenvalue weighted by Gasteiger charge is 2.14. The van der Waals surface area contributed by atoms with Crippen molar-refractivity contribution in [2.45, 2.75) is 13.3 Å². The van der Waals surface area contributed by atoms with E-state index in [-0.39, 0.29) is 11.7 Å². The molecule has 0 saturated heterocycles. The predicted molar refractivity (Wildman–Crippen MR) is 92.6 cm³/mol. The molecule has 0 radical (unpaired) electrons. The Morgan fingerprint density at radius 3 is 2.62 bits per heavy atom. The van der Waals surface area contributed by atoms with E-state index in [0.29, 0.717) is 13.0 Å². The number of fused-ring (bicyclic) bond motifs is 1. The largest absolute Gasteiger partial charge is 0.497 e. The molecule has 0 aliphatic rings. The third-order valence-electron chi connectivity index (χ3n) is 4.00. The van der Waals surface area contributed by atoms with E-state index in [1.165, 1.54) is 19.1 Å². The number of carbonyl (C=O) groups is 1. The van der Waals surface area contributed by atoms with Crippen LogP contribution in [0.5, 0.6) is 5.75 Å². The Kier molecular flexibility index (Phi) is 4.51. The van der Waals surface area contributed by atoms with Gasteiger partial charge in [0, 0.05) is 30.1 Å². The maximum atomic E-state index is 13.2. The van der Waals surface area contributed by atoms with E-state index >= 15 is 0 Å². The highest BCUT2D eigenvalue weighted by atomic mass is 19.1. The van der Waals surface area contributed by atoms with Crippen LogP contribution in [0.15, 0.2) is 42.5 Å². The van der Waals surface area contributed by atoms with Crippen LogP contribution >= 0.6 is 0 Å². The number of methoxy groups -OCH3 is 1. The first-order valence-corrected chi connectivity index (χ1v) is 7.77. The first-order valence-electron chi connectivity index (χ1n) is 7.77. The topological polar surface area (TPSA) is 54.1 Å². The fourth-order valence-electron chi connectivity index (χ4n) is 2.84. The predicted octanol–water partition coefficient (Wildman–Crippen LogP) is 3.66. The molecule has 2 N–H and O–H groups in total. The van der Waals surface area contributed by atoms with Gasteiger partial charge in [-0.1, -0.05) is 0 Å². The number of rotatable bonds is 5. The lowest BCUT2D eigenvalue weighted by atomic mass is 10.0. The number of aromatic amines is 1. The Labute approximate surface area is 139 Å². The van der Waals surface area contributed by atoms with Crippen LogP contribution in [0, 0.1) is 5.82 Å². The van der Waals surface area contributed by atoms with E-state index in [1.807, 2.05) is 18.2 Å². The molecule has 1 amide bonds. The molecule has 0 spiro atoms. The lowest BCUT2D eigenvalue weighted by molar-refractivity contribution is -0.118. The number of aromatic nitrogens is 1. The molecule has 1 heterocycles. The molecule has 24 heavy (non-hydrogen) atoms. The van der Waals surface area contributed by atoms with Gasteiger partial charge < -0.3 is 15.0 Å². The van der Waals surface area contributed by atoms with Crippen molar-refractivity contribution in [1.82, 2.24) is 10.3 Å². The summed E-state index contributed by atoms with van der Waals surface area (Å²) in [5.41, 5.74) is 3.89. The maximum absolute atomic E-state index is 13.2. The van der Waals surface area contributed by atoms with Crippen molar-refractivity contribution >= 4 is 16.8 Å². The van der Waals surface area contributed by atoms with Gasteiger partial charge in [0.25, 0.3) is 0 Å². The van der Waals surface area contributed by atoms with Gasteiger partial charge in [0.05, 0.1) is 7.11 Å². The fourth-order valence-corrected chi connectivity index (χ4v) is 2.84. The van der Waals surface area contributed by atoms with Gasteiger partial charge >= 0.3 is 0 Å². The number of hydrogen-bond acceptors (Lipinski definition) is 2. The van der Waals surface area contributed by atoms with E-state index in [0.717, 1.165) is 33.5 Å². The Balaban J connectivity index is 2.08. The van der Waals surface area contributed by atoms with Crippen molar-refractivity contribution in [2.24, 2.45) is 0 Å². The Bertz CT molecular complexity index is 869. The Hall–Kier alpha value is -2.82. The summed E-state index contributed by atoms with van der Waals surface area (Å²) in [5.74, 6) is 0.444. The average Bonchev–Trinajstić information content (AvgIpc) is 2.93. The number of carbonyl (C=O) groups excluding carboxylic acids is 1. The fraction of sp³-hybridized carbons (Fsp3) is 0.211. The van der Waals surface area contributed by atoms with Crippen LogP contribution in [0.3, 0.4) is 0 Å². The van der Waals surface area contributed by atoms with Gasteiger partial charge in [-0.3, -0.25) is 4.79 Å². The molecule has 2 aromatic carbocycles. The molecule has 0 fully saturated rings. The lowest BCUT2D eigenvalue weighted by Crippen LogP contribution is -2.22. The van der Waals surface area contributed by atoms with Gasteiger partial charge in [-0.25, -0.2) is 4.39 Å². The van der Waals surface area contributed by atoms with Gasteiger partial charge in [0.15, 0.2) is 0 Å². The number of amides is 1.